The molecule has 0 atom stereocenters. The van der Waals surface area contributed by atoms with Gasteiger partial charge in [0.15, 0.2) is 5.96 Å². The Morgan fingerprint density at radius 1 is 1.17 bits per heavy atom. The largest absolute Gasteiger partial charge is 0.376 e. The summed E-state index contributed by atoms with van der Waals surface area (Å²) in [6.45, 7) is 6.96. The highest BCUT2D eigenvalue weighted by Gasteiger charge is 2.16. The molecule has 1 saturated heterocycles. The number of piperazine rings is 1. The third kappa shape index (κ3) is 7.52. The number of anilines is 1. The van der Waals surface area contributed by atoms with Crippen molar-refractivity contribution in [3.63, 3.8) is 0 Å². The van der Waals surface area contributed by atoms with Gasteiger partial charge in [-0.2, -0.15) is 0 Å². The molecule has 7 nitrogen and oxygen atoms in total. The molecule has 3 N–H and O–H groups in total. The first kappa shape index (κ1) is 22.4. The molecule has 1 aliphatic heterocycles. The van der Waals surface area contributed by atoms with Crippen molar-refractivity contribution < 1.29 is 9.53 Å². The van der Waals surface area contributed by atoms with Gasteiger partial charge in [0, 0.05) is 31.9 Å². The van der Waals surface area contributed by atoms with Crippen LogP contribution in [0.4, 0.5) is 5.69 Å². The minimum atomic E-state index is 0.0827. The molecule has 0 aromatic heterocycles. The van der Waals surface area contributed by atoms with Crippen molar-refractivity contribution in [2.45, 2.75) is 58.1 Å². The number of carbonyl (C=O) groups is 1. The Hall–Kier alpha value is -2.28. The average Bonchev–Trinajstić information content (AvgIpc) is 3.04. The summed E-state index contributed by atoms with van der Waals surface area (Å²) in [5.41, 5.74) is 2.23. The van der Waals surface area contributed by atoms with Crippen molar-refractivity contribution in [2.75, 3.05) is 44.2 Å². The molecule has 0 bridgehead atoms. The molecule has 1 saturated carbocycles. The van der Waals surface area contributed by atoms with Gasteiger partial charge in [-0.1, -0.05) is 37.8 Å². The van der Waals surface area contributed by atoms with Crippen LogP contribution < -0.4 is 20.9 Å². The first-order chi connectivity index (χ1) is 14.7. The van der Waals surface area contributed by atoms with Crippen LogP contribution in [0.2, 0.25) is 0 Å². The molecule has 1 heterocycles. The minimum Gasteiger partial charge on any atom is -0.376 e. The van der Waals surface area contributed by atoms with E-state index in [9.17, 15) is 4.79 Å². The summed E-state index contributed by atoms with van der Waals surface area (Å²) in [5.74, 6) is 0.901. The van der Waals surface area contributed by atoms with Crippen LogP contribution in [0.15, 0.2) is 29.3 Å². The molecule has 0 radical (unpaired) electrons. The molecule has 1 amide bonds. The van der Waals surface area contributed by atoms with Crippen molar-refractivity contribution >= 4 is 17.6 Å². The quantitative estimate of drug-likeness (QED) is 0.263. The highest BCUT2D eigenvalue weighted by molar-refractivity contribution is 5.82. The van der Waals surface area contributed by atoms with Crippen molar-refractivity contribution in [3.8, 4) is 0 Å². The zero-order valence-corrected chi connectivity index (χ0v) is 18.3. The molecule has 0 spiro atoms. The van der Waals surface area contributed by atoms with E-state index in [0.29, 0.717) is 32.3 Å². The normalized spacial score (nSPS) is 18.6. The molecular weight excluding hydrogens is 378 g/mol. The maximum atomic E-state index is 11.6. The molecule has 7 heteroatoms. The topological polar surface area (TPSA) is 78.0 Å². The molecule has 0 unspecified atom stereocenters. The summed E-state index contributed by atoms with van der Waals surface area (Å²) in [6.07, 6.45) is 8.13. The van der Waals surface area contributed by atoms with E-state index in [1.807, 2.05) is 0 Å². The highest BCUT2D eigenvalue weighted by Crippen LogP contribution is 2.19. The summed E-state index contributed by atoms with van der Waals surface area (Å²) in [5, 5.41) is 9.53. The number of nitrogens with zero attached hydrogens (tertiary/aromatic N) is 2. The van der Waals surface area contributed by atoms with Crippen LogP contribution in [-0.2, 0) is 16.1 Å². The predicted octanol–water partition coefficient (Wildman–Crippen LogP) is 2.42. The summed E-state index contributed by atoms with van der Waals surface area (Å²) in [7, 11) is 0. The Labute approximate surface area is 180 Å². The number of nitrogens with one attached hydrogen (secondary N) is 3. The van der Waals surface area contributed by atoms with Crippen molar-refractivity contribution in [1.29, 1.82) is 0 Å². The van der Waals surface area contributed by atoms with Crippen molar-refractivity contribution in [2.24, 2.45) is 4.99 Å². The van der Waals surface area contributed by atoms with Crippen LogP contribution >= 0.6 is 0 Å². The zero-order valence-electron chi connectivity index (χ0n) is 18.3. The summed E-state index contributed by atoms with van der Waals surface area (Å²) in [4.78, 5) is 18.4. The smallest absolute Gasteiger partial charge is 0.239 e. The van der Waals surface area contributed by atoms with Gasteiger partial charge in [0.2, 0.25) is 5.91 Å². The van der Waals surface area contributed by atoms with Gasteiger partial charge in [-0.15, -0.1) is 0 Å². The van der Waals surface area contributed by atoms with E-state index >= 15 is 0 Å². The molecule has 1 aromatic carbocycles. The number of ether oxygens (including phenoxy) is 1. The second-order valence-corrected chi connectivity index (χ2v) is 8.04. The second-order valence-electron chi connectivity index (χ2n) is 8.04. The summed E-state index contributed by atoms with van der Waals surface area (Å²) < 4.78 is 6.05. The van der Waals surface area contributed by atoms with Crippen LogP contribution in [0.25, 0.3) is 0 Å². The molecule has 166 valence electrons. The number of amides is 1. The number of aliphatic imine (C=N–C) groups is 1. The van der Waals surface area contributed by atoms with E-state index in [1.54, 1.807) is 0 Å². The lowest BCUT2D eigenvalue weighted by Crippen LogP contribution is -2.47. The van der Waals surface area contributed by atoms with Gasteiger partial charge < -0.3 is 25.6 Å². The fraction of sp³-hybridized carbons (Fsp3) is 0.652. The lowest BCUT2D eigenvalue weighted by molar-refractivity contribution is -0.120. The van der Waals surface area contributed by atoms with Crippen LogP contribution in [0.5, 0.6) is 0 Å². The predicted molar refractivity (Wildman–Crippen MR) is 122 cm³/mol. The molecule has 2 aliphatic rings. The Morgan fingerprint density at radius 2 is 1.93 bits per heavy atom. The third-order valence-corrected chi connectivity index (χ3v) is 5.65. The summed E-state index contributed by atoms with van der Waals surface area (Å²) in [6, 6.07) is 8.32. The number of benzene rings is 1. The molecular formula is C23H37N5O2. The number of hydrogen-bond acceptors (Lipinski definition) is 4. The number of guanidine groups is 1. The third-order valence-electron chi connectivity index (χ3n) is 5.65. The monoisotopic (exact) mass is 415 g/mol. The SMILES string of the molecule is CCNC(=NCc1ccc(N2CCNC(=O)C2)cc1)NCCOC1CCCCCC1. The lowest BCUT2D eigenvalue weighted by atomic mass is 10.1. The Kier molecular flexibility index (Phi) is 9.28. The molecule has 30 heavy (non-hydrogen) atoms. The van der Waals surface area contributed by atoms with Gasteiger partial charge in [-0.05, 0) is 37.5 Å². The van der Waals surface area contributed by atoms with Gasteiger partial charge in [0.1, 0.15) is 0 Å². The molecule has 3 rings (SSSR count). The van der Waals surface area contributed by atoms with Gasteiger partial charge >= 0.3 is 0 Å². The summed E-state index contributed by atoms with van der Waals surface area (Å²) >= 11 is 0. The zero-order chi connectivity index (χ0) is 21.0. The minimum absolute atomic E-state index is 0.0827. The second kappa shape index (κ2) is 12.4. The first-order valence-electron chi connectivity index (χ1n) is 11.5. The van der Waals surface area contributed by atoms with E-state index in [-0.39, 0.29) is 5.91 Å². The van der Waals surface area contributed by atoms with E-state index in [0.717, 1.165) is 36.8 Å². The van der Waals surface area contributed by atoms with Gasteiger partial charge in [-0.25, -0.2) is 4.99 Å². The van der Waals surface area contributed by atoms with Crippen molar-refractivity contribution in [3.05, 3.63) is 29.8 Å². The number of carbonyl (C=O) groups excluding carboxylic acids is 1. The molecule has 1 aliphatic carbocycles. The van der Waals surface area contributed by atoms with Crippen LogP contribution in [-0.4, -0.2) is 57.3 Å². The maximum absolute atomic E-state index is 11.6. The fourth-order valence-electron chi connectivity index (χ4n) is 3.99. The highest BCUT2D eigenvalue weighted by atomic mass is 16.5. The number of rotatable bonds is 8. The lowest BCUT2D eigenvalue weighted by Gasteiger charge is -2.28. The first-order valence-corrected chi connectivity index (χ1v) is 11.5. The molecule has 2 fully saturated rings. The van der Waals surface area contributed by atoms with Gasteiger partial charge in [0.25, 0.3) is 0 Å². The van der Waals surface area contributed by atoms with Gasteiger partial charge in [0.05, 0.1) is 25.8 Å². The Morgan fingerprint density at radius 3 is 2.63 bits per heavy atom. The molecule has 1 aromatic rings. The average molecular weight is 416 g/mol. The maximum Gasteiger partial charge on any atom is 0.239 e. The fourth-order valence-corrected chi connectivity index (χ4v) is 3.99. The van der Waals surface area contributed by atoms with Gasteiger partial charge in [-0.3, -0.25) is 4.79 Å². The standard InChI is InChI=1S/C23H37N5O2/c1-2-24-23(26-14-16-30-21-7-5-3-4-6-8-21)27-17-19-9-11-20(12-10-19)28-15-13-25-22(29)18-28/h9-12,21H,2-8,13-18H2,1H3,(H,25,29)(H2,24,26,27). The van der Waals surface area contributed by atoms with Crippen molar-refractivity contribution in [1.82, 2.24) is 16.0 Å². The van der Waals surface area contributed by atoms with Crippen LogP contribution in [0.1, 0.15) is 51.0 Å². The van der Waals surface area contributed by atoms with E-state index in [4.69, 9.17) is 9.73 Å². The Balaban J connectivity index is 1.43. The van der Waals surface area contributed by atoms with Crippen LogP contribution in [0, 0.1) is 0 Å². The number of hydrogen-bond donors (Lipinski definition) is 3. The van der Waals surface area contributed by atoms with E-state index in [1.165, 1.54) is 38.5 Å². The Bertz CT molecular complexity index is 669. The van der Waals surface area contributed by atoms with E-state index in [2.05, 4.69) is 52.0 Å². The van der Waals surface area contributed by atoms with Crippen LogP contribution in [0.3, 0.4) is 0 Å². The van der Waals surface area contributed by atoms with E-state index < -0.39 is 0 Å².